The zero-order valence-electron chi connectivity index (χ0n) is 11.0. The summed E-state index contributed by atoms with van der Waals surface area (Å²) >= 11 is 8.19. The molecule has 0 aromatic heterocycles. The molecular formula is C14H19ClINO. The number of hydrogen-bond acceptors (Lipinski definition) is 1. The fourth-order valence-corrected chi connectivity index (χ4v) is 2.48. The Balaban J connectivity index is 2.90. The molecule has 1 amide bonds. The topological polar surface area (TPSA) is 29.1 Å². The second kappa shape index (κ2) is 6.75. The molecule has 1 rings (SSSR count). The molecule has 1 aromatic rings. The minimum absolute atomic E-state index is 0.0427. The maximum absolute atomic E-state index is 12.2. The lowest BCUT2D eigenvalue weighted by Crippen LogP contribution is -2.47. The average molecular weight is 380 g/mol. The van der Waals surface area contributed by atoms with Gasteiger partial charge in [0, 0.05) is 14.7 Å². The summed E-state index contributed by atoms with van der Waals surface area (Å²) in [5.74, 6) is -0.0427. The molecule has 0 atom stereocenters. The van der Waals surface area contributed by atoms with Crippen molar-refractivity contribution in [1.29, 1.82) is 0 Å². The van der Waals surface area contributed by atoms with Crippen molar-refractivity contribution in [2.45, 2.75) is 45.6 Å². The molecule has 0 saturated carbocycles. The number of nitrogens with one attached hydrogen (secondary N) is 1. The van der Waals surface area contributed by atoms with Crippen LogP contribution in [0, 0.1) is 3.57 Å². The van der Waals surface area contributed by atoms with Gasteiger partial charge in [-0.3, -0.25) is 4.79 Å². The first-order chi connectivity index (χ1) is 8.48. The van der Waals surface area contributed by atoms with E-state index < -0.39 is 0 Å². The largest absolute Gasteiger partial charge is 0.347 e. The van der Waals surface area contributed by atoms with Crippen molar-refractivity contribution in [3.8, 4) is 0 Å². The van der Waals surface area contributed by atoms with Crippen LogP contribution in [0.15, 0.2) is 18.2 Å². The highest BCUT2D eigenvalue weighted by Gasteiger charge is 2.26. The van der Waals surface area contributed by atoms with Gasteiger partial charge in [0.15, 0.2) is 0 Å². The summed E-state index contributed by atoms with van der Waals surface area (Å²) in [6.07, 6.45) is 2.80. The van der Waals surface area contributed by atoms with Gasteiger partial charge in [0.25, 0.3) is 5.91 Å². The van der Waals surface area contributed by atoms with Crippen molar-refractivity contribution < 1.29 is 4.79 Å². The van der Waals surface area contributed by atoms with Gasteiger partial charge in [-0.2, -0.15) is 0 Å². The van der Waals surface area contributed by atoms with Crippen LogP contribution in [0.4, 0.5) is 0 Å². The molecule has 0 aliphatic heterocycles. The lowest BCUT2D eigenvalue weighted by molar-refractivity contribution is 0.0888. The summed E-state index contributed by atoms with van der Waals surface area (Å²) in [4.78, 5) is 12.2. The zero-order chi connectivity index (χ0) is 13.8. The van der Waals surface area contributed by atoms with Crippen molar-refractivity contribution in [2.75, 3.05) is 0 Å². The maximum atomic E-state index is 12.2. The van der Waals surface area contributed by atoms with Gasteiger partial charge in [0.05, 0.1) is 5.02 Å². The smallest absolute Gasteiger partial charge is 0.251 e. The number of rotatable bonds is 5. The molecule has 4 heteroatoms. The average Bonchev–Trinajstić information content (AvgIpc) is 2.39. The molecule has 0 fully saturated rings. The Morgan fingerprint density at radius 1 is 1.28 bits per heavy atom. The third-order valence-electron chi connectivity index (χ3n) is 3.59. The van der Waals surface area contributed by atoms with Crippen molar-refractivity contribution in [3.05, 3.63) is 32.4 Å². The molecule has 0 radical (unpaired) electrons. The van der Waals surface area contributed by atoms with E-state index in [0.717, 1.165) is 22.8 Å². The molecule has 0 aliphatic carbocycles. The van der Waals surface area contributed by atoms with E-state index in [9.17, 15) is 4.79 Å². The van der Waals surface area contributed by atoms with E-state index in [1.807, 2.05) is 12.1 Å². The Hall–Kier alpha value is -0.290. The third kappa shape index (κ3) is 3.60. The number of carbonyl (C=O) groups excluding carboxylic acids is 1. The lowest BCUT2D eigenvalue weighted by atomic mass is 9.89. The van der Waals surface area contributed by atoms with Gasteiger partial charge in [-0.1, -0.05) is 32.4 Å². The summed E-state index contributed by atoms with van der Waals surface area (Å²) in [5, 5.41) is 3.77. The fourth-order valence-electron chi connectivity index (χ4n) is 1.97. The van der Waals surface area contributed by atoms with Crippen molar-refractivity contribution in [3.63, 3.8) is 0 Å². The van der Waals surface area contributed by atoms with Crippen LogP contribution in [0.25, 0.3) is 0 Å². The van der Waals surface area contributed by atoms with E-state index in [-0.39, 0.29) is 11.4 Å². The summed E-state index contributed by atoms with van der Waals surface area (Å²) in [7, 11) is 0. The second-order valence-electron chi connectivity index (χ2n) is 4.42. The van der Waals surface area contributed by atoms with Crippen molar-refractivity contribution >= 4 is 40.1 Å². The molecule has 2 nitrogen and oxygen atoms in total. The number of halogens is 2. The molecule has 18 heavy (non-hydrogen) atoms. The van der Waals surface area contributed by atoms with E-state index in [0.29, 0.717) is 10.6 Å². The van der Waals surface area contributed by atoms with Crippen LogP contribution in [0.2, 0.25) is 5.02 Å². The van der Waals surface area contributed by atoms with Crippen LogP contribution >= 0.6 is 34.2 Å². The van der Waals surface area contributed by atoms with E-state index in [2.05, 4.69) is 48.7 Å². The van der Waals surface area contributed by atoms with Crippen LogP contribution < -0.4 is 5.32 Å². The zero-order valence-corrected chi connectivity index (χ0v) is 13.9. The van der Waals surface area contributed by atoms with Crippen molar-refractivity contribution in [1.82, 2.24) is 5.32 Å². The highest BCUT2D eigenvalue weighted by molar-refractivity contribution is 14.1. The first kappa shape index (κ1) is 15.8. The minimum Gasteiger partial charge on any atom is -0.347 e. The molecule has 100 valence electrons. The van der Waals surface area contributed by atoms with Crippen LogP contribution in [-0.4, -0.2) is 11.4 Å². The standard InChI is InChI=1S/C14H19ClINO/c1-4-14(5-2,6-3)17-13(18)10-7-8-12(16)11(15)9-10/h7-9H,4-6H2,1-3H3,(H,17,18). The van der Waals surface area contributed by atoms with Gasteiger partial charge in [-0.25, -0.2) is 0 Å². The third-order valence-corrected chi connectivity index (χ3v) is 5.16. The van der Waals surface area contributed by atoms with E-state index in [1.165, 1.54) is 0 Å². The Kier molecular flexibility index (Phi) is 5.92. The molecule has 0 heterocycles. The predicted octanol–water partition coefficient (Wildman–Crippen LogP) is 4.64. The lowest BCUT2D eigenvalue weighted by Gasteiger charge is -2.31. The maximum Gasteiger partial charge on any atom is 0.251 e. The van der Waals surface area contributed by atoms with Crippen LogP contribution in [-0.2, 0) is 0 Å². The van der Waals surface area contributed by atoms with Gasteiger partial charge in [-0.15, -0.1) is 0 Å². The molecule has 1 N–H and O–H groups in total. The summed E-state index contributed by atoms with van der Waals surface area (Å²) in [6.45, 7) is 6.32. The summed E-state index contributed by atoms with van der Waals surface area (Å²) < 4.78 is 0.957. The van der Waals surface area contributed by atoms with Crippen molar-refractivity contribution in [2.24, 2.45) is 0 Å². The first-order valence-corrected chi connectivity index (χ1v) is 7.71. The van der Waals surface area contributed by atoms with Crippen LogP contribution in [0.3, 0.4) is 0 Å². The molecular weight excluding hydrogens is 361 g/mol. The highest BCUT2D eigenvalue weighted by atomic mass is 127. The molecule has 0 saturated heterocycles. The highest BCUT2D eigenvalue weighted by Crippen LogP contribution is 2.22. The summed E-state index contributed by atoms with van der Waals surface area (Å²) in [5.41, 5.74) is 0.521. The molecule has 0 aliphatic rings. The van der Waals surface area contributed by atoms with Gasteiger partial charge in [0.1, 0.15) is 0 Å². The molecule has 0 spiro atoms. The number of hydrogen-bond donors (Lipinski definition) is 1. The van der Waals surface area contributed by atoms with Gasteiger partial charge >= 0.3 is 0 Å². The molecule has 1 aromatic carbocycles. The van der Waals surface area contributed by atoms with E-state index in [1.54, 1.807) is 6.07 Å². The predicted molar refractivity (Wildman–Crippen MR) is 85.2 cm³/mol. The second-order valence-corrected chi connectivity index (χ2v) is 5.99. The first-order valence-electron chi connectivity index (χ1n) is 6.25. The van der Waals surface area contributed by atoms with Crippen LogP contribution in [0.1, 0.15) is 50.4 Å². The van der Waals surface area contributed by atoms with Gasteiger partial charge in [0.2, 0.25) is 0 Å². The summed E-state index contributed by atoms with van der Waals surface area (Å²) in [6, 6.07) is 5.41. The Labute approximate surface area is 128 Å². The molecule has 0 bridgehead atoms. The van der Waals surface area contributed by atoms with E-state index in [4.69, 9.17) is 11.6 Å². The Morgan fingerprint density at radius 2 is 1.83 bits per heavy atom. The monoisotopic (exact) mass is 379 g/mol. The number of carbonyl (C=O) groups is 1. The normalized spacial score (nSPS) is 11.4. The number of amides is 1. The van der Waals surface area contributed by atoms with Gasteiger partial charge < -0.3 is 5.32 Å². The molecule has 0 unspecified atom stereocenters. The SMILES string of the molecule is CCC(CC)(CC)NC(=O)c1ccc(I)c(Cl)c1. The van der Waals surface area contributed by atoms with Crippen LogP contribution in [0.5, 0.6) is 0 Å². The van der Waals surface area contributed by atoms with Gasteiger partial charge in [-0.05, 0) is 60.1 Å². The fraction of sp³-hybridized carbons (Fsp3) is 0.500. The Morgan fingerprint density at radius 3 is 2.28 bits per heavy atom. The quantitative estimate of drug-likeness (QED) is 0.742. The Bertz CT molecular complexity index is 422. The minimum atomic E-state index is -0.105. The van der Waals surface area contributed by atoms with E-state index >= 15 is 0 Å². The number of benzene rings is 1.